The third kappa shape index (κ3) is 41.7. The average Bonchev–Trinajstić information content (AvgIpc) is 2.56. The van der Waals surface area contributed by atoms with E-state index in [1.807, 2.05) is 0 Å². The molecule has 0 aliphatic rings. The van der Waals surface area contributed by atoms with Gasteiger partial charge in [0.05, 0.1) is 7.11 Å². The molecule has 0 aliphatic carbocycles. The summed E-state index contributed by atoms with van der Waals surface area (Å²) in [6, 6.07) is 0. The zero-order valence-electron chi connectivity index (χ0n) is 16.7. The van der Waals surface area contributed by atoms with Crippen LogP contribution in [0.15, 0.2) is 0 Å². The van der Waals surface area contributed by atoms with Gasteiger partial charge in [-0.3, -0.25) is 13.9 Å². The molecule has 0 saturated carbocycles. The van der Waals surface area contributed by atoms with E-state index in [4.69, 9.17) is 17.5 Å². The fourth-order valence-corrected chi connectivity index (χ4v) is 2.74. The first-order chi connectivity index (χ1) is 12.3. The van der Waals surface area contributed by atoms with Gasteiger partial charge >= 0.3 is 45.9 Å². The van der Waals surface area contributed by atoms with Crippen LogP contribution in [-0.2, 0) is 19.9 Å². The predicted molar refractivity (Wildman–Crippen MR) is 113 cm³/mol. The number of carbonyl (C=O) groups excluding carboxylic acids is 1. The van der Waals surface area contributed by atoms with Crippen molar-refractivity contribution < 1.29 is 27.1 Å². The van der Waals surface area contributed by atoms with Crippen LogP contribution >= 0.6 is 0 Å². The number of hydrogen-bond donors (Lipinski definition) is 2. The molecule has 0 heterocycles. The van der Waals surface area contributed by atoms with Crippen molar-refractivity contribution in [2.45, 2.75) is 110 Å². The first kappa shape index (κ1) is 32.0. The van der Waals surface area contributed by atoms with E-state index in [2.05, 4.69) is 11.7 Å². The summed E-state index contributed by atoms with van der Waals surface area (Å²) in [4.78, 5) is 10.9. The van der Waals surface area contributed by atoms with Crippen LogP contribution in [-0.4, -0.2) is 60.2 Å². The number of unbranched alkanes of at least 4 members (excludes halogenated alkanes) is 14. The number of rotatable bonds is 16. The van der Waals surface area contributed by atoms with Crippen LogP contribution in [0, 0.1) is 0 Å². The molecule has 6 nitrogen and oxygen atoms in total. The Balaban J connectivity index is -0.000000844. The summed E-state index contributed by atoms with van der Waals surface area (Å²) in [5, 5.41) is 0. The van der Waals surface area contributed by atoms with Crippen molar-refractivity contribution in [2.24, 2.45) is 0 Å². The van der Waals surface area contributed by atoms with Crippen molar-refractivity contribution in [1.82, 2.24) is 0 Å². The van der Waals surface area contributed by atoms with Crippen LogP contribution in [0.5, 0.6) is 0 Å². The molecule has 0 saturated heterocycles. The molecule has 2 N–H and O–H groups in total. The van der Waals surface area contributed by atoms with Gasteiger partial charge < -0.3 is 4.74 Å². The molecule has 0 aliphatic heterocycles. The van der Waals surface area contributed by atoms with Crippen molar-refractivity contribution in [2.75, 3.05) is 7.11 Å². The topological polar surface area (TPSA) is 101 Å². The zero-order chi connectivity index (χ0) is 20.1. The van der Waals surface area contributed by atoms with E-state index in [1.165, 1.54) is 97.0 Å². The summed E-state index contributed by atoms with van der Waals surface area (Å²) in [6.07, 6.45) is 20.9. The minimum atomic E-state index is -4.67. The fraction of sp³-hybridized carbons (Fsp3) is 0.947. The van der Waals surface area contributed by atoms with Crippen LogP contribution in [0.3, 0.4) is 0 Å². The van der Waals surface area contributed by atoms with Gasteiger partial charge in [-0.2, -0.15) is 8.42 Å². The molecule has 8 heteroatoms. The quantitative estimate of drug-likeness (QED) is 0.156. The van der Waals surface area contributed by atoms with Crippen molar-refractivity contribution in [3.05, 3.63) is 0 Å². The van der Waals surface area contributed by atoms with Crippen LogP contribution in [0.2, 0.25) is 0 Å². The average molecular weight is 421 g/mol. The van der Waals surface area contributed by atoms with Gasteiger partial charge in [-0.05, 0) is 6.42 Å². The third-order valence-corrected chi connectivity index (χ3v) is 4.21. The number of ether oxygens (including phenoxy) is 1. The zero-order valence-corrected chi connectivity index (χ0v) is 17.6. The van der Waals surface area contributed by atoms with Crippen LogP contribution in [0.25, 0.3) is 0 Å². The number of carbonyl (C=O) groups is 1. The third-order valence-electron chi connectivity index (χ3n) is 4.21. The molecule has 0 rings (SSSR count). The molecule has 0 aromatic heterocycles. The first-order valence-electron chi connectivity index (χ1n) is 10.1. The molecule has 0 unspecified atom stereocenters. The molecule has 0 bridgehead atoms. The van der Waals surface area contributed by atoms with Crippen LogP contribution in [0.4, 0.5) is 0 Å². The second kappa shape index (κ2) is 24.4. The maximum absolute atomic E-state index is 10.9. The molecule has 0 atom stereocenters. The summed E-state index contributed by atoms with van der Waals surface area (Å²) in [7, 11) is -3.20. The molecule has 0 amide bonds. The van der Waals surface area contributed by atoms with Gasteiger partial charge in [-0.15, -0.1) is 0 Å². The second-order valence-electron chi connectivity index (χ2n) is 6.72. The van der Waals surface area contributed by atoms with Crippen molar-refractivity contribution in [3.63, 3.8) is 0 Å². The molecule has 27 heavy (non-hydrogen) atoms. The van der Waals surface area contributed by atoms with E-state index in [-0.39, 0.29) is 35.5 Å². The van der Waals surface area contributed by atoms with Gasteiger partial charge in [-0.25, -0.2) is 0 Å². The molecule has 160 valence electrons. The van der Waals surface area contributed by atoms with Gasteiger partial charge in [0.25, 0.3) is 0 Å². The number of hydrogen-bond acceptors (Lipinski definition) is 4. The Morgan fingerprint density at radius 3 is 1.22 bits per heavy atom. The Bertz CT molecular complexity index is 393. The molecule has 0 fully saturated rings. The van der Waals surface area contributed by atoms with Gasteiger partial charge in [0.1, 0.15) is 0 Å². The summed E-state index contributed by atoms with van der Waals surface area (Å²) in [6.45, 7) is 2.28. The Morgan fingerprint density at radius 1 is 0.704 bits per heavy atom. The van der Waals surface area contributed by atoms with Gasteiger partial charge in [0, 0.05) is 6.42 Å². The Kier molecular flexibility index (Phi) is 28.9. The predicted octanol–water partition coefficient (Wildman–Crippen LogP) is 5.12. The standard InChI is InChI=1S/C19H38O2.Na.H2O4S.H/c1-3-4-5-6-7-8-9-10-11-12-13-14-15-16-17-18-19(20)21-2;;1-5(2,3)4;/h3-18H2,1-2H3;;(H2,1,2,3,4);. The summed E-state index contributed by atoms with van der Waals surface area (Å²) >= 11 is 0. The van der Waals surface area contributed by atoms with Gasteiger partial charge in [-0.1, -0.05) is 96.8 Å². The van der Waals surface area contributed by atoms with Gasteiger partial charge in [0.2, 0.25) is 0 Å². The van der Waals surface area contributed by atoms with Crippen molar-refractivity contribution in [1.29, 1.82) is 0 Å². The normalized spacial score (nSPS) is 10.5. The van der Waals surface area contributed by atoms with E-state index in [9.17, 15) is 4.79 Å². The maximum atomic E-state index is 10.9. The van der Waals surface area contributed by atoms with E-state index < -0.39 is 10.4 Å². The molecular weight excluding hydrogens is 379 g/mol. The Morgan fingerprint density at radius 2 is 0.963 bits per heavy atom. The van der Waals surface area contributed by atoms with E-state index in [0.717, 1.165) is 6.42 Å². The summed E-state index contributed by atoms with van der Waals surface area (Å²) in [5.74, 6) is -0.0651. The fourth-order valence-electron chi connectivity index (χ4n) is 2.74. The second-order valence-corrected chi connectivity index (χ2v) is 7.62. The summed E-state index contributed by atoms with van der Waals surface area (Å²) in [5.41, 5.74) is 0. The van der Waals surface area contributed by atoms with E-state index >= 15 is 0 Å². The molecule has 0 radical (unpaired) electrons. The minimum absolute atomic E-state index is 0. The SMILES string of the molecule is CCCCCCCCCCCCCCCCCC(=O)OC.O=S(=O)(O)O.[NaH]. The van der Waals surface area contributed by atoms with Crippen molar-refractivity contribution >= 4 is 45.9 Å². The number of methoxy groups -OCH3 is 1. The molecular formula is C19H41NaO6S. The van der Waals surface area contributed by atoms with Gasteiger partial charge in [0.15, 0.2) is 0 Å². The monoisotopic (exact) mass is 420 g/mol. The van der Waals surface area contributed by atoms with Crippen molar-refractivity contribution in [3.8, 4) is 0 Å². The molecule has 0 spiro atoms. The van der Waals surface area contributed by atoms with Crippen LogP contribution in [0.1, 0.15) is 110 Å². The Labute approximate surface area is 189 Å². The molecule has 0 aromatic carbocycles. The molecule has 0 aromatic rings. The van der Waals surface area contributed by atoms with E-state index in [1.54, 1.807) is 0 Å². The Hall–Kier alpha value is 0.340. The number of esters is 1. The van der Waals surface area contributed by atoms with E-state index in [0.29, 0.717) is 6.42 Å². The first-order valence-corrected chi connectivity index (χ1v) is 11.5. The summed E-state index contributed by atoms with van der Waals surface area (Å²) < 4.78 is 36.2. The van der Waals surface area contributed by atoms with Crippen LogP contribution < -0.4 is 0 Å².